The fourth-order valence-corrected chi connectivity index (χ4v) is 3.83. The first-order valence-corrected chi connectivity index (χ1v) is 8.87. The SMILES string of the molecule is O=C(O)c1ccccc1CC(=O)N(CC1CCCO1)C1CCCC1. The van der Waals surface area contributed by atoms with E-state index >= 15 is 0 Å². The third kappa shape index (κ3) is 3.96. The second-order valence-electron chi connectivity index (χ2n) is 6.76. The molecule has 1 unspecified atom stereocenters. The van der Waals surface area contributed by atoms with Gasteiger partial charge in [-0.05, 0) is 37.3 Å². The zero-order valence-electron chi connectivity index (χ0n) is 13.9. The fourth-order valence-electron chi connectivity index (χ4n) is 3.83. The highest BCUT2D eigenvalue weighted by Crippen LogP contribution is 2.26. The van der Waals surface area contributed by atoms with E-state index in [-0.39, 0.29) is 30.0 Å². The number of nitrogens with zero attached hydrogens (tertiary/aromatic N) is 1. The van der Waals surface area contributed by atoms with E-state index in [0.29, 0.717) is 12.1 Å². The van der Waals surface area contributed by atoms with Crippen molar-refractivity contribution in [3.05, 3.63) is 35.4 Å². The number of rotatable bonds is 6. The molecule has 3 rings (SSSR count). The van der Waals surface area contributed by atoms with E-state index in [9.17, 15) is 14.7 Å². The van der Waals surface area contributed by atoms with Gasteiger partial charge in [-0.3, -0.25) is 4.79 Å². The van der Waals surface area contributed by atoms with Crippen LogP contribution in [-0.2, 0) is 16.0 Å². The van der Waals surface area contributed by atoms with Crippen molar-refractivity contribution in [1.29, 1.82) is 0 Å². The van der Waals surface area contributed by atoms with Gasteiger partial charge in [-0.25, -0.2) is 4.79 Å². The highest BCUT2D eigenvalue weighted by Gasteiger charge is 2.30. The van der Waals surface area contributed by atoms with Gasteiger partial charge in [0.05, 0.1) is 18.1 Å². The average molecular weight is 331 g/mol. The van der Waals surface area contributed by atoms with Gasteiger partial charge in [0, 0.05) is 19.2 Å². The smallest absolute Gasteiger partial charge is 0.335 e. The maximum atomic E-state index is 12.9. The van der Waals surface area contributed by atoms with E-state index in [0.717, 1.165) is 45.1 Å². The molecule has 130 valence electrons. The van der Waals surface area contributed by atoms with Crippen LogP contribution in [0, 0.1) is 0 Å². The lowest BCUT2D eigenvalue weighted by Crippen LogP contribution is -2.44. The minimum absolute atomic E-state index is 0.0195. The van der Waals surface area contributed by atoms with Gasteiger partial charge in [0.2, 0.25) is 5.91 Å². The monoisotopic (exact) mass is 331 g/mol. The van der Waals surface area contributed by atoms with Gasteiger partial charge in [0.15, 0.2) is 0 Å². The molecule has 1 aliphatic heterocycles. The molecular formula is C19H25NO4. The molecule has 1 aliphatic carbocycles. The Kier molecular flexibility index (Phi) is 5.51. The number of carbonyl (C=O) groups is 2. The molecule has 1 aromatic carbocycles. The Hall–Kier alpha value is -1.88. The van der Waals surface area contributed by atoms with Crippen LogP contribution in [-0.4, -0.2) is 47.2 Å². The minimum Gasteiger partial charge on any atom is -0.478 e. The van der Waals surface area contributed by atoms with E-state index in [4.69, 9.17) is 4.74 Å². The highest BCUT2D eigenvalue weighted by atomic mass is 16.5. The summed E-state index contributed by atoms with van der Waals surface area (Å²) >= 11 is 0. The van der Waals surface area contributed by atoms with Crippen LogP contribution in [0.4, 0.5) is 0 Å². The van der Waals surface area contributed by atoms with Crippen molar-refractivity contribution in [3.63, 3.8) is 0 Å². The van der Waals surface area contributed by atoms with Crippen molar-refractivity contribution < 1.29 is 19.4 Å². The van der Waals surface area contributed by atoms with Crippen LogP contribution in [0.25, 0.3) is 0 Å². The maximum absolute atomic E-state index is 12.9. The molecule has 0 radical (unpaired) electrons. The molecule has 1 N–H and O–H groups in total. The predicted octanol–water partition coefficient (Wildman–Crippen LogP) is 2.88. The van der Waals surface area contributed by atoms with Gasteiger partial charge in [0.1, 0.15) is 0 Å². The zero-order chi connectivity index (χ0) is 16.9. The van der Waals surface area contributed by atoms with E-state index in [1.807, 2.05) is 4.90 Å². The summed E-state index contributed by atoms with van der Waals surface area (Å²) < 4.78 is 5.72. The minimum atomic E-state index is -0.982. The third-order valence-corrected chi connectivity index (χ3v) is 5.10. The summed E-state index contributed by atoms with van der Waals surface area (Å²) in [6.45, 7) is 1.41. The second kappa shape index (κ2) is 7.79. The summed E-state index contributed by atoms with van der Waals surface area (Å²) in [5.41, 5.74) is 0.805. The van der Waals surface area contributed by atoms with Gasteiger partial charge >= 0.3 is 5.97 Å². The molecule has 5 heteroatoms. The van der Waals surface area contributed by atoms with Crippen molar-refractivity contribution in [2.45, 2.75) is 57.1 Å². The maximum Gasteiger partial charge on any atom is 0.335 e. The Balaban J connectivity index is 1.74. The quantitative estimate of drug-likeness (QED) is 0.870. The van der Waals surface area contributed by atoms with Crippen LogP contribution in [0.5, 0.6) is 0 Å². The lowest BCUT2D eigenvalue weighted by atomic mass is 10.0. The van der Waals surface area contributed by atoms with E-state index in [1.165, 1.54) is 0 Å². The van der Waals surface area contributed by atoms with Gasteiger partial charge in [-0.2, -0.15) is 0 Å². The average Bonchev–Trinajstić information content (AvgIpc) is 3.26. The summed E-state index contributed by atoms with van der Waals surface area (Å²) in [7, 11) is 0. The number of hydrogen-bond acceptors (Lipinski definition) is 3. The van der Waals surface area contributed by atoms with Crippen LogP contribution >= 0.6 is 0 Å². The molecule has 1 aromatic rings. The molecule has 1 saturated heterocycles. The standard InChI is InChI=1S/C19H25NO4/c21-18(12-14-6-1-4-10-17(14)19(22)23)20(15-7-2-3-8-15)13-16-9-5-11-24-16/h1,4,6,10,15-16H,2-3,5,7-9,11-13H2,(H,22,23). The van der Waals surface area contributed by atoms with Gasteiger partial charge in [-0.1, -0.05) is 31.0 Å². The number of carboxylic acid groups (broad SMARTS) is 1. The molecule has 1 atom stereocenters. The number of amides is 1. The Morgan fingerprint density at radius 1 is 1.12 bits per heavy atom. The first kappa shape index (κ1) is 17.0. The van der Waals surface area contributed by atoms with E-state index in [2.05, 4.69) is 0 Å². The van der Waals surface area contributed by atoms with Crippen LogP contribution in [0.3, 0.4) is 0 Å². The van der Waals surface area contributed by atoms with Gasteiger partial charge < -0.3 is 14.7 Å². The van der Waals surface area contributed by atoms with Crippen molar-refractivity contribution >= 4 is 11.9 Å². The zero-order valence-corrected chi connectivity index (χ0v) is 13.9. The summed E-state index contributed by atoms with van der Waals surface area (Å²) in [5.74, 6) is -0.962. The van der Waals surface area contributed by atoms with E-state index < -0.39 is 5.97 Å². The Bertz CT molecular complexity index is 589. The van der Waals surface area contributed by atoms with Crippen LogP contribution < -0.4 is 0 Å². The fraction of sp³-hybridized carbons (Fsp3) is 0.579. The molecule has 0 aromatic heterocycles. The molecule has 1 amide bonds. The first-order chi connectivity index (χ1) is 11.6. The molecule has 2 fully saturated rings. The molecule has 0 spiro atoms. The second-order valence-corrected chi connectivity index (χ2v) is 6.76. The van der Waals surface area contributed by atoms with E-state index in [1.54, 1.807) is 24.3 Å². The lowest BCUT2D eigenvalue weighted by molar-refractivity contribution is -0.134. The predicted molar refractivity (Wildman–Crippen MR) is 90.0 cm³/mol. The number of aromatic carboxylic acids is 1. The van der Waals surface area contributed by atoms with Crippen LogP contribution in [0.15, 0.2) is 24.3 Å². The van der Waals surface area contributed by atoms with Crippen LogP contribution in [0.2, 0.25) is 0 Å². The summed E-state index contributed by atoms with van der Waals surface area (Å²) in [4.78, 5) is 26.3. The van der Waals surface area contributed by atoms with Crippen molar-refractivity contribution in [2.75, 3.05) is 13.2 Å². The topological polar surface area (TPSA) is 66.8 Å². The summed E-state index contributed by atoms with van der Waals surface area (Å²) in [6, 6.07) is 7.05. The molecule has 0 bridgehead atoms. The Labute approximate surface area is 142 Å². The number of carboxylic acids is 1. The molecule has 1 heterocycles. The van der Waals surface area contributed by atoms with Crippen LogP contribution in [0.1, 0.15) is 54.4 Å². The van der Waals surface area contributed by atoms with Crippen molar-refractivity contribution in [1.82, 2.24) is 4.90 Å². The number of ether oxygens (including phenoxy) is 1. The first-order valence-electron chi connectivity index (χ1n) is 8.87. The Morgan fingerprint density at radius 2 is 1.88 bits per heavy atom. The largest absolute Gasteiger partial charge is 0.478 e. The van der Waals surface area contributed by atoms with Crippen molar-refractivity contribution in [3.8, 4) is 0 Å². The number of benzene rings is 1. The number of carbonyl (C=O) groups excluding carboxylic acids is 1. The van der Waals surface area contributed by atoms with Crippen molar-refractivity contribution in [2.24, 2.45) is 0 Å². The van der Waals surface area contributed by atoms with Gasteiger partial charge in [0.25, 0.3) is 0 Å². The third-order valence-electron chi connectivity index (χ3n) is 5.10. The number of hydrogen-bond donors (Lipinski definition) is 1. The molecular weight excluding hydrogens is 306 g/mol. The molecule has 24 heavy (non-hydrogen) atoms. The lowest BCUT2D eigenvalue weighted by Gasteiger charge is -2.31. The molecule has 5 nitrogen and oxygen atoms in total. The normalized spacial score (nSPS) is 21.1. The summed E-state index contributed by atoms with van der Waals surface area (Å²) in [5, 5.41) is 9.31. The molecule has 1 saturated carbocycles. The highest BCUT2D eigenvalue weighted by molar-refractivity contribution is 5.91. The Morgan fingerprint density at radius 3 is 2.54 bits per heavy atom. The summed E-state index contributed by atoms with van der Waals surface area (Å²) in [6.07, 6.45) is 6.73. The molecule has 2 aliphatic rings. The van der Waals surface area contributed by atoms with Gasteiger partial charge in [-0.15, -0.1) is 0 Å².